The van der Waals surface area contributed by atoms with Gasteiger partial charge in [0, 0.05) is 32.7 Å². The van der Waals surface area contributed by atoms with Gasteiger partial charge in [0.05, 0.1) is 23.8 Å². The van der Waals surface area contributed by atoms with Crippen molar-refractivity contribution in [3.8, 4) is 0 Å². The minimum Gasteiger partial charge on any atom is -0.384 e. The first kappa shape index (κ1) is 22.5. The highest BCUT2D eigenvalue weighted by Gasteiger charge is 2.68. The Balaban J connectivity index is 1.31. The molecule has 4 aliphatic rings. The summed E-state index contributed by atoms with van der Waals surface area (Å²) in [6.07, 6.45) is 4.11. The lowest BCUT2D eigenvalue weighted by molar-refractivity contribution is -0.137. The van der Waals surface area contributed by atoms with Gasteiger partial charge in [-0.3, -0.25) is 19.3 Å². The molecule has 178 valence electrons. The van der Waals surface area contributed by atoms with E-state index in [-0.39, 0.29) is 40.7 Å². The molecule has 0 radical (unpaired) electrons. The zero-order valence-corrected chi connectivity index (χ0v) is 19.8. The molecule has 1 unspecified atom stereocenters. The smallest absolute Gasteiger partial charge is 0.261 e. The zero-order valence-electron chi connectivity index (χ0n) is 19.8. The first-order valence-electron chi connectivity index (χ1n) is 12.1. The van der Waals surface area contributed by atoms with E-state index < -0.39 is 0 Å². The van der Waals surface area contributed by atoms with Crippen LogP contribution in [0.3, 0.4) is 0 Å². The number of rotatable bonds is 7. The Kier molecular flexibility index (Phi) is 5.60. The molecular weight excluding hydrogens is 420 g/mol. The molecule has 3 amide bonds. The number of carbonyl (C=O) groups is 3. The van der Waals surface area contributed by atoms with E-state index in [1.807, 2.05) is 0 Å². The quantitative estimate of drug-likeness (QED) is 0.640. The van der Waals surface area contributed by atoms with Crippen LogP contribution < -0.4 is 5.32 Å². The molecule has 1 spiro atoms. The van der Waals surface area contributed by atoms with Crippen molar-refractivity contribution in [1.29, 1.82) is 0 Å². The third kappa shape index (κ3) is 3.43. The number of benzene rings is 1. The summed E-state index contributed by atoms with van der Waals surface area (Å²) in [5.74, 6) is 0.479. The van der Waals surface area contributed by atoms with Gasteiger partial charge in [0.15, 0.2) is 0 Å². The first-order chi connectivity index (χ1) is 15.8. The second-order valence-electron chi connectivity index (χ2n) is 10.8. The molecule has 33 heavy (non-hydrogen) atoms. The van der Waals surface area contributed by atoms with Crippen LogP contribution in [-0.2, 0) is 14.3 Å². The van der Waals surface area contributed by atoms with Crippen molar-refractivity contribution in [1.82, 2.24) is 10.2 Å². The van der Waals surface area contributed by atoms with Crippen LogP contribution in [0, 0.1) is 22.7 Å². The average molecular weight is 455 g/mol. The molecule has 7 nitrogen and oxygen atoms in total. The molecule has 2 bridgehead atoms. The Hall–Kier alpha value is -2.25. The maximum absolute atomic E-state index is 12.8. The van der Waals surface area contributed by atoms with E-state index in [0.717, 1.165) is 19.3 Å². The van der Waals surface area contributed by atoms with E-state index >= 15 is 0 Å². The van der Waals surface area contributed by atoms with E-state index in [4.69, 9.17) is 9.47 Å². The fourth-order valence-corrected chi connectivity index (χ4v) is 7.32. The number of amides is 3. The number of hydrogen-bond donors (Lipinski definition) is 1. The summed E-state index contributed by atoms with van der Waals surface area (Å²) >= 11 is 0. The van der Waals surface area contributed by atoms with Crippen LogP contribution in [0.15, 0.2) is 24.3 Å². The predicted molar refractivity (Wildman–Crippen MR) is 122 cm³/mol. The van der Waals surface area contributed by atoms with Gasteiger partial charge in [0.2, 0.25) is 5.91 Å². The van der Waals surface area contributed by atoms with Crippen LogP contribution in [0.5, 0.6) is 0 Å². The number of nitrogens with zero attached hydrogens (tertiary/aromatic N) is 1. The van der Waals surface area contributed by atoms with E-state index in [1.165, 1.54) is 4.90 Å². The Bertz CT molecular complexity index is 940. The van der Waals surface area contributed by atoms with Crippen molar-refractivity contribution >= 4 is 17.7 Å². The van der Waals surface area contributed by atoms with E-state index in [2.05, 4.69) is 19.2 Å². The minimum atomic E-state index is -0.210. The van der Waals surface area contributed by atoms with Crippen molar-refractivity contribution < 1.29 is 23.9 Å². The number of methoxy groups -OCH3 is 1. The average Bonchev–Trinajstić information content (AvgIpc) is 3.38. The Labute approximate surface area is 195 Å². The van der Waals surface area contributed by atoms with Crippen molar-refractivity contribution in [2.24, 2.45) is 22.7 Å². The molecule has 0 aromatic heterocycles. The van der Waals surface area contributed by atoms with Crippen molar-refractivity contribution in [3.05, 3.63) is 35.4 Å². The lowest BCUT2D eigenvalue weighted by Crippen LogP contribution is -2.60. The van der Waals surface area contributed by atoms with Gasteiger partial charge in [-0.2, -0.15) is 0 Å². The molecule has 1 saturated heterocycles. The summed E-state index contributed by atoms with van der Waals surface area (Å²) in [7, 11) is 1.61. The maximum Gasteiger partial charge on any atom is 0.261 e. The fraction of sp³-hybridized carbons (Fsp3) is 0.654. The van der Waals surface area contributed by atoms with Gasteiger partial charge in [-0.05, 0) is 60.5 Å². The van der Waals surface area contributed by atoms with Gasteiger partial charge in [-0.15, -0.1) is 0 Å². The predicted octanol–water partition coefficient (Wildman–Crippen LogP) is 3.04. The third-order valence-electron chi connectivity index (χ3n) is 8.98. The topological polar surface area (TPSA) is 84.9 Å². The monoisotopic (exact) mass is 454 g/mol. The summed E-state index contributed by atoms with van der Waals surface area (Å²) < 4.78 is 11.3. The van der Waals surface area contributed by atoms with Crippen molar-refractivity contribution in [2.75, 3.05) is 26.9 Å². The molecule has 1 N–H and O–H groups in total. The normalized spacial score (nSPS) is 33.8. The standard InChI is InChI=1S/C26H34N2O5/c1-25(2)16-14-19-20(8-11-28-22(30)17-6-4-5-7-18(17)23(28)31)33-13-10-26(19,15-16)24(25)27-21(29)9-12-32-3/h4-7,16,19-20,24H,8-15H2,1-3H3,(H,27,29)/t16-,19-,20-,24+,26?/m0/s1. The molecule has 7 heteroatoms. The minimum absolute atomic E-state index is 0.0115. The van der Waals surface area contributed by atoms with Crippen molar-refractivity contribution in [2.45, 2.75) is 58.1 Å². The maximum atomic E-state index is 12.8. The number of imide groups is 1. The van der Waals surface area contributed by atoms with Crippen LogP contribution in [0.4, 0.5) is 0 Å². The molecule has 5 atom stereocenters. The highest BCUT2D eigenvalue weighted by molar-refractivity contribution is 6.21. The lowest BCUT2D eigenvalue weighted by Gasteiger charge is -2.53. The van der Waals surface area contributed by atoms with E-state index in [0.29, 0.717) is 55.6 Å². The molecule has 5 rings (SSSR count). The Morgan fingerprint density at radius 2 is 1.91 bits per heavy atom. The van der Waals surface area contributed by atoms with Gasteiger partial charge in [-0.1, -0.05) is 26.0 Å². The largest absolute Gasteiger partial charge is 0.384 e. The third-order valence-corrected chi connectivity index (χ3v) is 8.98. The number of hydrogen-bond acceptors (Lipinski definition) is 5. The molecule has 1 aromatic carbocycles. The molecule has 2 saturated carbocycles. The summed E-state index contributed by atoms with van der Waals surface area (Å²) in [5, 5.41) is 3.38. The Morgan fingerprint density at radius 1 is 1.21 bits per heavy atom. The van der Waals surface area contributed by atoms with Crippen LogP contribution in [-0.4, -0.2) is 61.6 Å². The summed E-state index contributed by atoms with van der Waals surface area (Å²) in [4.78, 5) is 39.6. The first-order valence-corrected chi connectivity index (χ1v) is 12.1. The van der Waals surface area contributed by atoms with Crippen LogP contribution in [0.25, 0.3) is 0 Å². The van der Waals surface area contributed by atoms with E-state index in [1.54, 1.807) is 31.4 Å². The number of carbonyl (C=O) groups excluding carboxylic acids is 3. The lowest BCUT2D eigenvalue weighted by atomic mass is 9.59. The number of fused-ring (bicyclic) bond motifs is 2. The molecule has 2 heterocycles. The highest BCUT2D eigenvalue weighted by Crippen LogP contribution is 2.68. The van der Waals surface area contributed by atoms with Gasteiger partial charge >= 0.3 is 0 Å². The molecule has 1 aromatic rings. The van der Waals surface area contributed by atoms with Gasteiger partial charge in [0.25, 0.3) is 11.8 Å². The summed E-state index contributed by atoms with van der Waals surface area (Å²) in [6.45, 7) is 6.00. The fourth-order valence-electron chi connectivity index (χ4n) is 7.32. The van der Waals surface area contributed by atoms with E-state index in [9.17, 15) is 14.4 Å². The Morgan fingerprint density at radius 3 is 2.58 bits per heavy atom. The highest BCUT2D eigenvalue weighted by atomic mass is 16.5. The van der Waals surface area contributed by atoms with Crippen LogP contribution >= 0.6 is 0 Å². The molecule has 3 fully saturated rings. The number of ether oxygens (including phenoxy) is 2. The summed E-state index contributed by atoms with van der Waals surface area (Å²) in [5.41, 5.74) is 1.03. The molecule has 2 aliphatic carbocycles. The molecule has 2 aliphatic heterocycles. The van der Waals surface area contributed by atoms with Gasteiger partial charge in [-0.25, -0.2) is 0 Å². The van der Waals surface area contributed by atoms with Crippen LogP contribution in [0.2, 0.25) is 0 Å². The SMILES string of the molecule is COCCC(=O)N[C@@H]1C(C)(C)[C@H]2C[C@H]3[C@H](CCN4C(=O)c5ccccc5C4=O)OCCC13C2. The number of nitrogens with one attached hydrogen (secondary N) is 1. The van der Waals surface area contributed by atoms with Crippen LogP contribution in [0.1, 0.15) is 66.7 Å². The molecular formula is C26H34N2O5. The van der Waals surface area contributed by atoms with Gasteiger partial charge < -0.3 is 14.8 Å². The van der Waals surface area contributed by atoms with Crippen molar-refractivity contribution in [3.63, 3.8) is 0 Å². The van der Waals surface area contributed by atoms with Gasteiger partial charge in [0.1, 0.15) is 0 Å². The second-order valence-corrected chi connectivity index (χ2v) is 10.8. The second kappa shape index (κ2) is 8.20. The zero-order chi connectivity index (χ0) is 23.4. The summed E-state index contributed by atoms with van der Waals surface area (Å²) in [6, 6.07) is 7.12.